The monoisotopic (exact) mass is 299 g/mol. The van der Waals surface area contributed by atoms with Crippen LogP contribution in [0, 0.1) is 0 Å². The van der Waals surface area contributed by atoms with E-state index in [1.807, 2.05) is 0 Å². The van der Waals surface area contributed by atoms with E-state index in [0.717, 1.165) is 12.8 Å². The number of anilines is 1. The van der Waals surface area contributed by atoms with E-state index in [-0.39, 0.29) is 5.97 Å². The van der Waals surface area contributed by atoms with Crippen molar-refractivity contribution in [3.63, 3.8) is 0 Å². The normalized spacial score (nSPS) is 10.2. The van der Waals surface area contributed by atoms with Crippen LogP contribution < -0.4 is 5.73 Å². The first-order valence-electron chi connectivity index (χ1n) is 5.87. The molecule has 17 heavy (non-hydrogen) atoms. The second kappa shape index (κ2) is 7.33. The van der Waals surface area contributed by atoms with Crippen LogP contribution in [0.3, 0.4) is 0 Å². The lowest BCUT2D eigenvalue weighted by atomic mass is 10.2. The van der Waals surface area contributed by atoms with Gasteiger partial charge < -0.3 is 10.5 Å². The van der Waals surface area contributed by atoms with Gasteiger partial charge in [-0.2, -0.15) is 0 Å². The zero-order valence-electron chi connectivity index (χ0n) is 10.0. The van der Waals surface area contributed by atoms with Crippen LogP contribution in [0.5, 0.6) is 0 Å². The Morgan fingerprint density at radius 2 is 2.12 bits per heavy atom. The number of nitrogen functional groups attached to an aromatic ring is 1. The summed E-state index contributed by atoms with van der Waals surface area (Å²) in [6.45, 7) is 2.62. The molecule has 0 aromatic heterocycles. The molecule has 0 unspecified atom stereocenters. The zero-order valence-corrected chi connectivity index (χ0v) is 11.6. The molecule has 0 aliphatic heterocycles. The molecule has 0 saturated carbocycles. The molecule has 1 rings (SSSR count). The Morgan fingerprint density at radius 3 is 2.82 bits per heavy atom. The maximum absolute atomic E-state index is 11.7. The van der Waals surface area contributed by atoms with E-state index in [9.17, 15) is 4.79 Å². The summed E-state index contributed by atoms with van der Waals surface area (Å²) in [5.41, 5.74) is 6.68. The summed E-state index contributed by atoms with van der Waals surface area (Å²) in [5.74, 6) is -0.319. The van der Waals surface area contributed by atoms with Gasteiger partial charge in [0.2, 0.25) is 0 Å². The van der Waals surface area contributed by atoms with Crippen molar-refractivity contribution in [2.75, 3.05) is 12.3 Å². The lowest BCUT2D eigenvalue weighted by Crippen LogP contribution is -2.07. The number of carbonyl (C=O) groups is 1. The van der Waals surface area contributed by atoms with Crippen LogP contribution in [-0.2, 0) is 4.74 Å². The van der Waals surface area contributed by atoms with Gasteiger partial charge in [-0.1, -0.05) is 26.2 Å². The fourth-order valence-electron chi connectivity index (χ4n) is 1.47. The molecule has 4 heteroatoms. The molecule has 0 heterocycles. The molecule has 0 spiro atoms. The predicted molar refractivity (Wildman–Crippen MR) is 73.0 cm³/mol. The summed E-state index contributed by atoms with van der Waals surface area (Å²) in [6, 6.07) is 5.11. The van der Waals surface area contributed by atoms with Crippen LogP contribution in [0.4, 0.5) is 5.69 Å². The van der Waals surface area contributed by atoms with Crippen molar-refractivity contribution in [2.45, 2.75) is 32.6 Å². The number of nitrogens with two attached hydrogens (primary N) is 1. The van der Waals surface area contributed by atoms with Gasteiger partial charge in [-0.15, -0.1) is 0 Å². The summed E-state index contributed by atoms with van der Waals surface area (Å²) < 4.78 is 5.90. The number of esters is 1. The Labute approximate surface area is 110 Å². The first-order valence-corrected chi connectivity index (χ1v) is 6.66. The van der Waals surface area contributed by atoms with Crippen LogP contribution in [0.1, 0.15) is 43.0 Å². The molecule has 0 fully saturated rings. The third-order valence-electron chi connectivity index (χ3n) is 2.44. The van der Waals surface area contributed by atoms with Crippen LogP contribution in [0.25, 0.3) is 0 Å². The number of rotatable bonds is 6. The summed E-state index contributed by atoms with van der Waals surface area (Å²) in [7, 11) is 0. The van der Waals surface area contributed by atoms with E-state index in [2.05, 4.69) is 22.9 Å². The Morgan fingerprint density at radius 1 is 1.35 bits per heavy atom. The minimum atomic E-state index is -0.319. The Bertz CT molecular complexity index is 380. The van der Waals surface area contributed by atoms with Gasteiger partial charge in [0.25, 0.3) is 0 Å². The van der Waals surface area contributed by atoms with Crippen molar-refractivity contribution in [1.29, 1.82) is 0 Å². The number of carbonyl (C=O) groups excluding carboxylic acids is 1. The Hall–Kier alpha value is -1.03. The second-order valence-electron chi connectivity index (χ2n) is 3.94. The Balaban J connectivity index is 2.44. The van der Waals surface area contributed by atoms with Gasteiger partial charge in [-0.05, 0) is 40.5 Å². The highest BCUT2D eigenvalue weighted by Crippen LogP contribution is 2.20. The third kappa shape index (κ3) is 4.77. The quantitative estimate of drug-likeness (QED) is 0.494. The fourth-order valence-corrected chi connectivity index (χ4v) is 1.88. The smallest absolute Gasteiger partial charge is 0.339 e. The molecule has 1 aromatic carbocycles. The number of halogens is 1. The molecule has 0 atom stereocenters. The van der Waals surface area contributed by atoms with E-state index >= 15 is 0 Å². The van der Waals surface area contributed by atoms with Gasteiger partial charge in [0.1, 0.15) is 0 Å². The van der Waals surface area contributed by atoms with Crippen molar-refractivity contribution in [3.05, 3.63) is 28.2 Å². The average Bonchev–Trinajstić information content (AvgIpc) is 2.32. The molecule has 0 radical (unpaired) electrons. The minimum Gasteiger partial charge on any atom is -0.462 e. The van der Waals surface area contributed by atoms with E-state index in [4.69, 9.17) is 10.5 Å². The maximum atomic E-state index is 11.7. The van der Waals surface area contributed by atoms with E-state index in [1.165, 1.54) is 12.8 Å². The van der Waals surface area contributed by atoms with Crippen LogP contribution in [0.15, 0.2) is 22.7 Å². The first kappa shape index (κ1) is 14.0. The first-order chi connectivity index (χ1) is 8.15. The highest BCUT2D eigenvalue weighted by atomic mass is 79.9. The molecule has 94 valence electrons. The van der Waals surface area contributed by atoms with Crippen LogP contribution in [-0.4, -0.2) is 12.6 Å². The number of unbranched alkanes of at least 4 members (excludes halogenated alkanes) is 3. The lowest BCUT2D eigenvalue weighted by Gasteiger charge is -2.06. The molecular weight excluding hydrogens is 282 g/mol. The van der Waals surface area contributed by atoms with Crippen LogP contribution >= 0.6 is 15.9 Å². The van der Waals surface area contributed by atoms with Gasteiger partial charge in [-0.3, -0.25) is 0 Å². The summed E-state index contributed by atoms with van der Waals surface area (Å²) >= 11 is 3.31. The van der Waals surface area contributed by atoms with Crippen LogP contribution in [0.2, 0.25) is 0 Å². The van der Waals surface area contributed by atoms with Crippen molar-refractivity contribution in [3.8, 4) is 0 Å². The average molecular weight is 300 g/mol. The standard InChI is InChI=1S/C13H18BrNO2/c1-2-3-4-5-8-17-13(16)11-9-10(15)6-7-12(11)14/h6-7,9H,2-5,8,15H2,1H3. The van der Waals surface area contributed by atoms with E-state index in [1.54, 1.807) is 18.2 Å². The minimum absolute atomic E-state index is 0.319. The van der Waals surface area contributed by atoms with E-state index in [0.29, 0.717) is 22.3 Å². The molecule has 0 aliphatic carbocycles. The number of hydrogen-bond acceptors (Lipinski definition) is 3. The zero-order chi connectivity index (χ0) is 12.7. The number of ether oxygens (including phenoxy) is 1. The molecule has 3 nitrogen and oxygen atoms in total. The van der Waals surface area contributed by atoms with Crippen molar-refractivity contribution in [1.82, 2.24) is 0 Å². The molecule has 1 aromatic rings. The molecule has 0 saturated heterocycles. The second-order valence-corrected chi connectivity index (χ2v) is 4.79. The highest BCUT2D eigenvalue weighted by Gasteiger charge is 2.11. The van der Waals surface area contributed by atoms with Gasteiger partial charge in [0.15, 0.2) is 0 Å². The molecule has 0 aliphatic rings. The summed E-state index contributed by atoms with van der Waals surface area (Å²) in [4.78, 5) is 11.7. The van der Waals surface area contributed by atoms with Gasteiger partial charge >= 0.3 is 5.97 Å². The molecule has 2 N–H and O–H groups in total. The van der Waals surface area contributed by atoms with E-state index < -0.39 is 0 Å². The SMILES string of the molecule is CCCCCCOC(=O)c1cc(N)ccc1Br. The topological polar surface area (TPSA) is 52.3 Å². The summed E-state index contributed by atoms with van der Waals surface area (Å²) in [6.07, 6.45) is 4.37. The largest absolute Gasteiger partial charge is 0.462 e. The Kier molecular flexibility index (Phi) is 6.05. The molecule has 0 amide bonds. The fraction of sp³-hybridized carbons (Fsp3) is 0.462. The molecular formula is C13H18BrNO2. The van der Waals surface area contributed by atoms with Crippen molar-refractivity contribution in [2.24, 2.45) is 0 Å². The van der Waals surface area contributed by atoms with Crippen molar-refractivity contribution >= 4 is 27.6 Å². The maximum Gasteiger partial charge on any atom is 0.339 e. The highest BCUT2D eigenvalue weighted by molar-refractivity contribution is 9.10. The molecule has 0 bridgehead atoms. The van der Waals surface area contributed by atoms with Gasteiger partial charge in [-0.25, -0.2) is 4.79 Å². The van der Waals surface area contributed by atoms with Crippen molar-refractivity contribution < 1.29 is 9.53 Å². The van der Waals surface area contributed by atoms with Gasteiger partial charge in [0, 0.05) is 10.2 Å². The summed E-state index contributed by atoms with van der Waals surface area (Å²) in [5, 5.41) is 0. The lowest BCUT2D eigenvalue weighted by molar-refractivity contribution is 0.0497. The predicted octanol–water partition coefficient (Wildman–Crippen LogP) is 3.77. The number of benzene rings is 1. The number of hydrogen-bond donors (Lipinski definition) is 1. The third-order valence-corrected chi connectivity index (χ3v) is 3.13. The van der Waals surface area contributed by atoms with Gasteiger partial charge in [0.05, 0.1) is 12.2 Å².